The second-order valence-corrected chi connectivity index (χ2v) is 5.95. The van der Waals surface area contributed by atoms with Crippen LogP contribution in [0.2, 0.25) is 0 Å². The molecule has 0 saturated heterocycles. The zero-order valence-electron chi connectivity index (χ0n) is 10.9. The molecule has 0 radical (unpaired) electrons. The summed E-state index contributed by atoms with van der Waals surface area (Å²) in [6, 6.07) is 3.81. The third kappa shape index (κ3) is 4.03. The van der Waals surface area contributed by atoms with Gasteiger partial charge in [-0.25, -0.2) is 4.98 Å². The van der Waals surface area contributed by atoms with Crippen molar-refractivity contribution >= 4 is 46.7 Å². The summed E-state index contributed by atoms with van der Waals surface area (Å²) in [5.74, 6) is 1.09. The number of aryl methyl sites for hydroxylation is 1. The van der Waals surface area contributed by atoms with E-state index in [0.717, 1.165) is 28.5 Å². The second kappa shape index (κ2) is 7.40. The van der Waals surface area contributed by atoms with E-state index in [0.29, 0.717) is 18.3 Å². The molecule has 1 amide bonds. The highest BCUT2D eigenvalue weighted by Gasteiger charge is 2.32. The van der Waals surface area contributed by atoms with Gasteiger partial charge in [-0.2, -0.15) is 0 Å². The largest absolute Gasteiger partial charge is 0.330 e. The van der Waals surface area contributed by atoms with Crippen molar-refractivity contribution in [3.8, 4) is 0 Å². The Kier molecular flexibility index (Phi) is 6.49. The van der Waals surface area contributed by atoms with Crippen molar-refractivity contribution in [1.82, 2.24) is 4.98 Å². The van der Waals surface area contributed by atoms with Crippen LogP contribution in [0.3, 0.4) is 0 Å². The maximum atomic E-state index is 12.2. The Morgan fingerprint density at radius 2 is 2.26 bits per heavy atom. The zero-order chi connectivity index (χ0) is 13.1. The van der Waals surface area contributed by atoms with Crippen molar-refractivity contribution in [2.24, 2.45) is 17.6 Å². The van der Waals surface area contributed by atoms with Gasteiger partial charge in [0.2, 0.25) is 5.91 Å². The van der Waals surface area contributed by atoms with Crippen LogP contribution in [0.25, 0.3) is 0 Å². The number of carbonyl (C=O) groups excluding carboxylic acids is 1. The molecule has 2 atom stereocenters. The highest BCUT2D eigenvalue weighted by Crippen LogP contribution is 2.31. The van der Waals surface area contributed by atoms with Gasteiger partial charge in [-0.15, -0.1) is 12.4 Å². The SMILES string of the molecule is Cc1nc(NC(=O)[C@@H]2CCC[C@@H]2CN)ccc1I.Cl. The van der Waals surface area contributed by atoms with Crippen molar-refractivity contribution in [2.45, 2.75) is 26.2 Å². The summed E-state index contributed by atoms with van der Waals surface area (Å²) < 4.78 is 1.10. The maximum absolute atomic E-state index is 12.2. The normalized spacial score (nSPS) is 21.8. The van der Waals surface area contributed by atoms with E-state index in [4.69, 9.17) is 5.73 Å². The lowest BCUT2D eigenvalue weighted by molar-refractivity contribution is -0.120. The standard InChI is InChI=1S/C13H18IN3O.ClH/c1-8-11(14)5-6-12(16-8)17-13(18)10-4-2-3-9(10)7-15;/h5-6,9-10H,2-4,7,15H2,1H3,(H,16,17,18);1H/t9-,10-;/m1./s1. The molecule has 2 rings (SSSR count). The smallest absolute Gasteiger partial charge is 0.228 e. The Morgan fingerprint density at radius 1 is 1.53 bits per heavy atom. The Bertz CT molecular complexity index is 456. The van der Waals surface area contributed by atoms with Crippen LogP contribution in [0, 0.1) is 22.3 Å². The molecule has 3 N–H and O–H groups in total. The van der Waals surface area contributed by atoms with E-state index < -0.39 is 0 Å². The van der Waals surface area contributed by atoms with Crippen LogP contribution in [-0.2, 0) is 4.79 Å². The van der Waals surface area contributed by atoms with Gasteiger partial charge in [0.1, 0.15) is 5.82 Å². The number of nitrogens with zero attached hydrogens (tertiary/aromatic N) is 1. The first-order valence-corrected chi connectivity index (χ1v) is 7.33. The predicted octanol–water partition coefficient (Wildman–Crippen LogP) is 2.73. The Balaban J connectivity index is 0.00000180. The van der Waals surface area contributed by atoms with Crippen LogP contribution in [0.15, 0.2) is 12.1 Å². The van der Waals surface area contributed by atoms with Crippen molar-refractivity contribution in [3.05, 3.63) is 21.4 Å². The summed E-state index contributed by atoms with van der Waals surface area (Å²) in [7, 11) is 0. The lowest BCUT2D eigenvalue weighted by Crippen LogP contribution is -2.30. The molecule has 6 heteroatoms. The molecular formula is C13H19ClIN3O. The van der Waals surface area contributed by atoms with Gasteiger partial charge in [-0.05, 0) is 67.0 Å². The first-order chi connectivity index (χ1) is 8.61. The molecule has 106 valence electrons. The molecule has 1 aromatic rings. The molecule has 1 aliphatic rings. The van der Waals surface area contributed by atoms with E-state index in [9.17, 15) is 4.79 Å². The lowest BCUT2D eigenvalue weighted by atomic mass is 9.95. The van der Waals surface area contributed by atoms with E-state index in [2.05, 4.69) is 32.9 Å². The molecular weight excluding hydrogens is 377 g/mol. The van der Waals surface area contributed by atoms with Gasteiger partial charge in [0.25, 0.3) is 0 Å². The first kappa shape index (κ1) is 16.7. The molecule has 0 aliphatic heterocycles. The van der Waals surface area contributed by atoms with E-state index in [1.54, 1.807) is 0 Å². The highest BCUT2D eigenvalue weighted by molar-refractivity contribution is 14.1. The quantitative estimate of drug-likeness (QED) is 0.773. The lowest BCUT2D eigenvalue weighted by Gasteiger charge is -2.17. The summed E-state index contributed by atoms with van der Waals surface area (Å²) in [5, 5.41) is 2.91. The molecule has 1 aliphatic carbocycles. The Morgan fingerprint density at radius 3 is 2.89 bits per heavy atom. The van der Waals surface area contributed by atoms with Crippen molar-refractivity contribution in [2.75, 3.05) is 11.9 Å². The fourth-order valence-corrected chi connectivity index (χ4v) is 2.80. The van der Waals surface area contributed by atoms with Crippen LogP contribution in [0.5, 0.6) is 0 Å². The number of aromatic nitrogens is 1. The van der Waals surface area contributed by atoms with Gasteiger partial charge >= 0.3 is 0 Å². The average Bonchev–Trinajstić information content (AvgIpc) is 2.82. The molecule has 19 heavy (non-hydrogen) atoms. The van der Waals surface area contributed by atoms with E-state index in [1.807, 2.05) is 19.1 Å². The number of halogens is 2. The monoisotopic (exact) mass is 395 g/mol. The van der Waals surface area contributed by atoms with Crippen molar-refractivity contribution in [1.29, 1.82) is 0 Å². The molecule has 1 heterocycles. The maximum Gasteiger partial charge on any atom is 0.228 e. The predicted molar refractivity (Wildman–Crippen MR) is 87.5 cm³/mol. The fourth-order valence-electron chi connectivity index (χ4n) is 2.50. The molecule has 0 unspecified atom stereocenters. The fraction of sp³-hybridized carbons (Fsp3) is 0.538. The number of nitrogens with two attached hydrogens (primary N) is 1. The van der Waals surface area contributed by atoms with E-state index in [1.165, 1.54) is 0 Å². The Labute approximate surface area is 133 Å². The third-order valence-corrected chi connectivity index (χ3v) is 4.71. The second-order valence-electron chi connectivity index (χ2n) is 4.79. The van der Waals surface area contributed by atoms with Crippen LogP contribution in [0.4, 0.5) is 5.82 Å². The highest BCUT2D eigenvalue weighted by atomic mass is 127. The topological polar surface area (TPSA) is 68.0 Å². The van der Waals surface area contributed by atoms with Gasteiger partial charge in [0.15, 0.2) is 0 Å². The Hall–Kier alpha value is -0.400. The number of amides is 1. The molecule has 0 spiro atoms. The number of carbonyl (C=O) groups is 1. The minimum atomic E-state index is 0. The molecule has 1 aromatic heterocycles. The van der Waals surface area contributed by atoms with Gasteiger partial charge < -0.3 is 11.1 Å². The van der Waals surface area contributed by atoms with E-state index >= 15 is 0 Å². The van der Waals surface area contributed by atoms with Crippen LogP contribution in [-0.4, -0.2) is 17.4 Å². The number of rotatable bonds is 3. The summed E-state index contributed by atoms with van der Waals surface area (Å²) in [5.41, 5.74) is 6.64. The average molecular weight is 396 g/mol. The van der Waals surface area contributed by atoms with Crippen LogP contribution >= 0.6 is 35.0 Å². The summed E-state index contributed by atoms with van der Waals surface area (Å²) >= 11 is 2.23. The summed E-state index contributed by atoms with van der Waals surface area (Å²) in [6.45, 7) is 2.53. The number of pyridine rings is 1. The van der Waals surface area contributed by atoms with Gasteiger partial charge in [-0.1, -0.05) is 6.42 Å². The molecule has 1 saturated carbocycles. The van der Waals surface area contributed by atoms with Gasteiger partial charge in [0, 0.05) is 9.49 Å². The number of hydrogen-bond acceptors (Lipinski definition) is 3. The van der Waals surface area contributed by atoms with Crippen LogP contribution < -0.4 is 11.1 Å². The number of anilines is 1. The number of nitrogens with one attached hydrogen (secondary N) is 1. The molecule has 1 fully saturated rings. The zero-order valence-corrected chi connectivity index (χ0v) is 13.8. The first-order valence-electron chi connectivity index (χ1n) is 6.26. The van der Waals surface area contributed by atoms with Crippen LogP contribution in [0.1, 0.15) is 25.0 Å². The third-order valence-electron chi connectivity index (χ3n) is 3.57. The minimum absolute atomic E-state index is 0. The van der Waals surface area contributed by atoms with E-state index in [-0.39, 0.29) is 24.2 Å². The van der Waals surface area contributed by atoms with Gasteiger partial charge in [-0.3, -0.25) is 4.79 Å². The van der Waals surface area contributed by atoms with Gasteiger partial charge in [0.05, 0.1) is 5.69 Å². The summed E-state index contributed by atoms with van der Waals surface area (Å²) in [6.07, 6.45) is 3.10. The molecule has 4 nitrogen and oxygen atoms in total. The number of hydrogen-bond donors (Lipinski definition) is 2. The van der Waals surface area contributed by atoms with Crippen molar-refractivity contribution < 1.29 is 4.79 Å². The molecule has 0 aromatic carbocycles. The molecule has 0 bridgehead atoms. The summed E-state index contributed by atoms with van der Waals surface area (Å²) in [4.78, 5) is 16.5. The minimum Gasteiger partial charge on any atom is -0.330 e. The van der Waals surface area contributed by atoms with Crippen molar-refractivity contribution in [3.63, 3.8) is 0 Å².